The number of aromatic nitrogens is 1. The molecule has 4 nitrogen and oxygen atoms in total. The Labute approximate surface area is 176 Å². The molecule has 0 unspecified atom stereocenters. The lowest BCUT2D eigenvalue weighted by Gasteiger charge is -2.07. The molecular weight excluding hydrogens is 409 g/mol. The van der Waals surface area contributed by atoms with E-state index >= 15 is 0 Å². The van der Waals surface area contributed by atoms with Gasteiger partial charge in [-0.1, -0.05) is 77.8 Å². The van der Waals surface area contributed by atoms with Crippen molar-refractivity contribution < 1.29 is 14.7 Å². The second kappa shape index (κ2) is 7.74. The number of fused-ring (bicyclic) bond motifs is 1. The van der Waals surface area contributed by atoms with Crippen LogP contribution in [0.25, 0.3) is 22.0 Å². The van der Waals surface area contributed by atoms with Gasteiger partial charge in [0.1, 0.15) is 0 Å². The average Bonchev–Trinajstić information content (AvgIpc) is 3.08. The van der Waals surface area contributed by atoms with Crippen molar-refractivity contribution >= 4 is 45.9 Å². The number of aliphatic carboxylic acids is 1. The van der Waals surface area contributed by atoms with Gasteiger partial charge in [0.15, 0.2) is 0 Å². The second-order valence-corrected chi connectivity index (χ2v) is 7.39. The van der Waals surface area contributed by atoms with E-state index < -0.39 is 5.97 Å². The number of hydrogen-bond donors (Lipinski definition) is 2. The van der Waals surface area contributed by atoms with E-state index in [0.717, 1.165) is 22.0 Å². The van der Waals surface area contributed by atoms with Gasteiger partial charge in [-0.25, -0.2) is 0 Å². The van der Waals surface area contributed by atoms with Crippen molar-refractivity contribution in [3.8, 4) is 11.1 Å². The molecule has 6 heteroatoms. The molecule has 0 atom stereocenters. The molecule has 0 spiro atoms. The highest BCUT2D eigenvalue weighted by Gasteiger charge is 2.21. The van der Waals surface area contributed by atoms with Crippen molar-refractivity contribution in [3.05, 3.63) is 93.6 Å². The third kappa shape index (κ3) is 3.65. The Morgan fingerprint density at radius 3 is 2.34 bits per heavy atom. The predicted octanol–water partition coefficient (Wildman–Crippen LogP) is 6.00. The first-order valence-corrected chi connectivity index (χ1v) is 9.62. The van der Waals surface area contributed by atoms with Gasteiger partial charge in [-0.15, -0.1) is 0 Å². The van der Waals surface area contributed by atoms with Crippen LogP contribution in [0.5, 0.6) is 0 Å². The Bertz CT molecular complexity index is 1240. The van der Waals surface area contributed by atoms with Gasteiger partial charge >= 0.3 is 5.97 Å². The summed E-state index contributed by atoms with van der Waals surface area (Å²) in [5.74, 6) is -1.25. The average molecular weight is 424 g/mol. The van der Waals surface area contributed by atoms with E-state index in [1.807, 2.05) is 36.4 Å². The van der Waals surface area contributed by atoms with E-state index in [2.05, 4.69) is 4.98 Å². The van der Waals surface area contributed by atoms with Crippen molar-refractivity contribution in [2.24, 2.45) is 0 Å². The van der Waals surface area contributed by atoms with Crippen LogP contribution in [-0.2, 0) is 11.2 Å². The van der Waals surface area contributed by atoms with E-state index in [1.54, 1.807) is 30.3 Å². The standard InChI is InChI=1S/C23H15Cl2NO3/c24-18-6-3-5-15(21(18)25)13-8-10-14(11-9-13)23(29)22-17(12-20(27)28)16-4-1-2-7-19(16)26-22/h1-11,26H,12H2,(H,27,28). The monoisotopic (exact) mass is 423 g/mol. The molecule has 4 aromatic rings. The summed E-state index contributed by atoms with van der Waals surface area (Å²) in [4.78, 5) is 27.5. The maximum Gasteiger partial charge on any atom is 0.307 e. The van der Waals surface area contributed by atoms with E-state index in [0.29, 0.717) is 26.9 Å². The van der Waals surface area contributed by atoms with Crippen LogP contribution in [0.3, 0.4) is 0 Å². The largest absolute Gasteiger partial charge is 0.481 e. The number of aromatic amines is 1. The van der Waals surface area contributed by atoms with Crippen molar-refractivity contribution in [2.45, 2.75) is 6.42 Å². The van der Waals surface area contributed by atoms with Gasteiger partial charge in [-0.2, -0.15) is 0 Å². The first kappa shape index (κ1) is 19.2. The van der Waals surface area contributed by atoms with Gasteiger partial charge in [0.2, 0.25) is 5.78 Å². The number of para-hydroxylation sites is 1. The van der Waals surface area contributed by atoms with Crippen LogP contribution in [0, 0.1) is 0 Å². The van der Waals surface area contributed by atoms with Crippen LogP contribution in [0.2, 0.25) is 10.0 Å². The van der Waals surface area contributed by atoms with Crippen LogP contribution < -0.4 is 0 Å². The molecule has 0 radical (unpaired) electrons. The minimum Gasteiger partial charge on any atom is -0.481 e. The number of benzene rings is 3. The third-order valence-electron chi connectivity index (χ3n) is 4.78. The Morgan fingerprint density at radius 1 is 0.897 bits per heavy atom. The van der Waals surface area contributed by atoms with Crippen LogP contribution >= 0.6 is 23.2 Å². The molecule has 2 N–H and O–H groups in total. The first-order valence-electron chi connectivity index (χ1n) is 8.86. The molecule has 0 amide bonds. The minimum absolute atomic E-state index is 0.235. The van der Waals surface area contributed by atoms with Crippen molar-refractivity contribution in [2.75, 3.05) is 0 Å². The number of halogens is 2. The van der Waals surface area contributed by atoms with Gasteiger partial charge in [-0.05, 0) is 17.7 Å². The van der Waals surface area contributed by atoms with Gasteiger partial charge < -0.3 is 10.1 Å². The van der Waals surface area contributed by atoms with Gasteiger partial charge in [0.05, 0.1) is 22.2 Å². The van der Waals surface area contributed by atoms with E-state index in [9.17, 15) is 14.7 Å². The highest BCUT2D eigenvalue weighted by molar-refractivity contribution is 6.43. The lowest BCUT2D eigenvalue weighted by Crippen LogP contribution is -2.08. The van der Waals surface area contributed by atoms with Crippen molar-refractivity contribution in [1.82, 2.24) is 4.98 Å². The second-order valence-electron chi connectivity index (χ2n) is 6.60. The number of carbonyl (C=O) groups excluding carboxylic acids is 1. The molecular formula is C23H15Cl2NO3. The summed E-state index contributed by atoms with van der Waals surface area (Å²) in [5.41, 5.74) is 3.56. The molecule has 0 saturated carbocycles. The maximum atomic E-state index is 13.1. The van der Waals surface area contributed by atoms with E-state index in [4.69, 9.17) is 23.2 Å². The molecule has 1 aromatic heterocycles. The summed E-state index contributed by atoms with van der Waals surface area (Å²) >= 11 is 12.4. The Morgan fingerprint density at radius 2 is 1.62 bits per heavy atom. The summed E-state index contributed by atoms with van der Waals surface area (Å²) in [7, 11) is 0. The molecule has 29 heavy (non-hydrogen) atoms. The quantitative estimate of drug-likeness (QED) is 0.386. The lowest BCUT2D eigenvalue weighted by atomic mass is 9.98. The third-order valence-corrected chi connectivity index (χ3v) is 5.60. The smallest absolute Gasteiger partial charge is 0.307 e. The Balaban J connectivity index is 1.74. The molecule has 0 fully saturated rings. The lowest BCUT2D eigenvalue weighted by molar-refractivity contribution is -0.136. The number of nitrogens with one attached hydrogen (secondary N) is 1. The minimum atomic E-state index is -0.991. The van der Waals surface area contributed by atoms with Crippen molar-refractivity contribution in [1.29, 1.82) is 0 Å². The fourth-order valence-electron chi connectivity index (χ4n) is 3.40. The predicted molar refractivity (Wildman–Crippen MR) is 115 cm³/mol. The first-order chi connectivity index (χ1) is 14.0. The molecule has 3 aromatic carbocycles. The zero-order valence-electron chi connectivity index (χ0n) is 15.1. The number of ketones is 1. The SMILES string of the molecule is O=C(O)Cc1c(C(=O)c2ccc(-c3cccc(Cl)c3Cl)cc2)[nH]c2ccccc12. The zero-order chi connectivity index (χ0) is 20.5. The molecule has 0 aliphatic heterocycles. The van der Waals surface area contributed by atoms with Crippen LogP contribution in [0.15, 0.2) is 66.7 Å². The Hall–Kier alpha value is -3.08. The van der Waals surface area contributed by atoms with Gasteiger partial charge in [0.25, 0.3) is 0 Å². The molecule has 144 valence electrons. The number of rotatable bonds is 5. The molecule has 0 saturated heterocycles. The van der Waals surface area contributed by atoms with E-state index in [-0.39, 0.29) is 12.2 Å². The maximum absolute atomic E-state index is 13.1. The van der Waals surface area contributed by atoms with Crippen LogP contribution in [-0.4, -0.2) is 21.8 Å². The summed E-state index contributed by atoms with van der Waals surface area (Å²) in [6.07, 6.45) is -0.235. The highest BCUT2D eigenvalue weighted by atomic mass is 35.5. The molecule has 0 aliphatic rings. The van der Waals surface area contributed by atoms with Gasteiger partial charge in [-0.3, -0.25) is 9.59 Å². The normalized spacial score (nSPS) is 11.0. The number of carboxylic acid groups (broad SMARTS) is 1. The number of hydrogen-bond acceptors (Lipinski definition) is 2. The summed E-state index contributed by atoms with van der Waals surface area (Å²) < 4.78 is 0. The topological polar surface area (TPSA) is 70.2 Å². The van der Waals surface area contributed by atoms with Gasteiger partial charge in [0, 0.05) is 27.6 Å². The number of H-pyrrole nitrogens is 1. The molecule has 4 rings (SSSR count). The Kier molecular flexibility index (Phi) is 5.14. The van der Waals surface area contributed by atoms with Crippen LogP contribution in [0.4, 0.5) is 0 Å². The number of carbonyl (C=O) groups is 2. The number of carboxylic acids is 1. The van der Waals surface area contributed by atoms with E-state index in [1.165, 1.54) is 0 Å². The summed E-state index contributed by atoms with van der Waals surface area (Å²) in [6, 6.07) is 19.7. The fraction of sp³-hybridized carbons (Fsp3) is 0.0435. The van der Waals surface area contributed by atoms with Crippen LogP contribution in [0.1, 0.15) is 21.6 Å². The molecule has 0 aliphatic carbocycles. The zero-order valence-corrected chi connectivity index (χ0v) is 16.6. The molecule has 1 heterocycles. The highest BCUT2D eigenvalue weighted by Crippen LogP contribution is 2.34. The summed E-state index contributed by atoms with van der Waals surface area (Å²) in [6.45, 7) is 0. The fourth-order valence-corrected chi connectivity index (χ4v) is 3.81. The summed E-state index contributed by atoms with van der Waals surface area (Å²) in [5, 5.41) is 10.9. The molecule has 0 bridgehead atoms. The van der Waals surface area contributed by atoms with Crippen molar-refractivity contribution in [3.63, 3.8) is 0 Å².